The number of likely N-dealkylation sites (N-methyl/N-ethyl adjacent to an activating group) is 1. The van der Waals surface area contributed by atoms with E-state index in [9.17, 15) is 9.59 Å². The highest BCUT2D eigenvalue weighted by molar-refractivity contribution is 5.95. The molecule has 1 atom stereocenters. The van der Waals surface area contributed by atoms with Crippen LogP contribution >= 0.6 is 12.4 Å². The SMILES string of the molecule is Cc1cc(C)c(NC(=O)CN(C)C(=O)CC2CCCN2)c(C)c1.Cl. The van der Waals surface area contributed by atoms with Gasteiger partial charge in [0.2, 0.25) is 11.8 Å². The number of rotatable bonds is 5. The number of amides is 2. The summed E-state index contributed by atoms with van der Waals surface area (Å²) >= 11 is 0. The molecule has 1 aliphatic heterocycles. The van der Waals surface area contributed by atoms with Crippen molar-refractivity contribution < 1.29 is 9.59 Å². The Hall–Kier alpha value is -1.59. The van der Waals surface area contributed by atoms with E-state index in [0.717, 1.165) is 36.2 Å². The first-order chi connectivity index (χ1) is 10.9. The molecule has 1 aromatic carbocycles. The Kier molecular flexibility index (Phi) is 7.70. The summed E-state index contributed by atoms with van der Waals surface area (Å²) in [5.74, 6) is -0.146. The topological polar surface area (TPSA) is 61.4 Å². The number of hydrogen-bond donors (Lipinski definition) is 2. The molecule has 0 radical (unpaired) electrons. The van der Waals surface area contributed by atoms with Crippen LogP contribution in [0.5, 0.6) is 0 Å². The van der Waals surface area contributed by atoms with Crippen molar-refractivity contribution in [3.63, 3.8) is 0 Å². The molecule has 0 bridgehead atoms. The Bertz CT molecular complexity index is 575. The largest absolute Gasteiger partial charge is 0.336 e. The molecular weight excluding hydrogens is 326 g/mol. The molecule has 5 nitrogen and oxygen atoms in total. The second-order valence-corrected chi connectivity index (χ2v) is 6.57. The molecule has 0 saturated carbocycles. The van der Waals surface area contributed by atoms with Gasteiger partial charge in [-0.1, -0.05) is 17.7 Å². The van der Waals surface area contributed by atoms with Crippen molar-refractivity contribution >= 4 is 29.9 Å². The predicted octanol–water partition coefficient (Wildman–Crippen LogP) is 2.57. The number of anilines is 1. The van der Waals surface area contributed by atoms with Crippen molar-refractivity contribution in [2.24, 2.45) is 0 Å². The third-order valence-electron chi connectivity index (χ3n) is 4.33. The molecule has 1 saturated heterocycles. The molecule has 1 aliphatic rings. The average Bonchev–Trinajstić information content (AvgIpc) is 2.95. The lowest BCUT2D eigenvalue weighted by atomic mass is 10.1. The summed E-state index contributed by atoms with van der Waals surface area (Å²) in [6.07, 6.45) is 2.62. The zero-order valence-corrected chi connectivity index (χ0v) is 15.8. The Morgan fingerprint density at radius 1 is 1.25 bits per heavy atom. The summed E-state index contributed by atoms with van der Waals surface area (Å²) < 4.78 is 0. The molecule has 24 heavy (non-hydrogen) atoms. The predicted molar refractivity (Wildman–Crippen MR) is 99.8 cm³/mol. The molecule has 1 heterocycles. The standard InChI is InChI=1S/C18H27N3O2.ClH/c1-12-8-13(2)18(14(3)9-12)20-16(22)11-21(4)17(23)10-15-6-5-7-19-15;/h8-9,15,19H,5-7,10-11H2,1-4H3,(H,20,22);1H. The smallest absolute Gasteiger partial charge is 0.243 e. The van der Waals surface area contributed by atoms with Gasteiger partial charge in [0.15, 0.2) is 0 Å². The highest BCUT2D eigenvalue weighted by Gasteiger charge is 2.21. The molecule has 1 unspecified atom stereocenters. The lowest BCUT2D eigenvalue weighted by Crippen LogP contribution is -2.38. The normalized spacial score (nSPS) is 16.4. The Morgan fingerprint density at radius 2 is 1.88 bits per heavy atom. The highest BCUT2D eigenvalue weighted by atomic mass is 35.5. The molecule has 0 spiro atoms. The first kappa shape index (κ1) is 20.5. The summed E-state index contributed by atoms with van der Waals surface area (Å²) in [7, 11) is 1.69. The van der Waals surface area contributed by atoms with Crippen molar-refractivity contribution in [3.8, 4) is 0 Å². The van der Waals surface area contributed by atoms with E-state index in [2.05, 4.69) is 10.6 Å². The van der Waals surface area contributed by atoms with Crippen LogP contribution in [0.3, 0.4) is 0 Å². The van der Waals surface area contributed by atoms with Crippen molar-refractivity contribution in [1.29, 1.82) is 0 Å². The average molecular weight is 354 g/mol. The maximum atomic E-state index is 12.2. The van der Waals surface area contributed by atoms with E-state index in [-0.39, 0.29) is 36.8 Å². The van der Waals surface area contributed by atoms with Crippen LogP contribution in [0.25, 0.3) is 0 Å². The number of benzene rings is 1. The molecular formula is C18H28ClN3O2. The van der Waals surface area contributed by atoms with E-state index < -0.39 is 0 Å². The van der Waals surface area contributed by atoms with Crippen LogP contribution in [-0.4, -0.2) is 42.9 Å². The van der Waals surface area contributed by atoms with Gasteiger partial charge in [0.1, 0.15) is 0 Å². The van der Waals surface area contributed by atoms with Gasteiger partial charge in [0.25, 0.3) is 0 Å². The monoisotopic (exact) mass is 353 g/mol. The fraction of sp³-hybridized carbons (Fsp3) is 0.556. The van der Waals surface area contributed by atoms with Gasteiger partial charge in [-0.15, -0.1) is 12.4 Å². The maximum Gasteiger partial charge on any atom is 0.243 e. The van der Waals surface area contributed by atoms with Gasteiger partial charge in [-0.25, -0.2) is 0 Å². The number of aryl methyl sites for hydroxylation is 3. The molecule has 6 heteroatoms. The number of nitrogens with one attached hydrogen (secondary N) is 2. The number of carbonyl (C=O) groups is 2. The van der Waals surface area contributed by atoms with E-state index in [1.807, 2.05) is 32.9 Å². The quantitative estimate of drug-likeness (QED) is 0.855. The minimum absolute atomic E-state index is 0. The zero-order valence-electron chi connectivity index (χ0n) is 14.9. The second-order valence-electron chi connectivity index (χ2n) is 6.57. The number of hydrogen-bond acceptors (Lipinski definition) is 3. The molecule has 134 valence electrons. The van der Waals surface area contributed by atoms with Gasteiger partial charge in [-0.05, 0) is 51.3 Å². The van der Waals surface area contributed by atoms with Crippen LogP contribution in [0, 0.1) is 20.8 Å². The fourth-order valence-electron chi connectivity index (χ4n) is 3.16. The summed E-state index contributed by atoms with van der Waals surface area (Å²) in [6.45, 7) is 7.06. The molecule has 0 aliphatic carbocycles. The van der Waals surface area contributed by atoms with E-state index in [0.29, 0.717) is 6.42 Å². The molecule has 1 aromatic rings. The summed E-state index contributed by atoms with van der Waals surface area (Å²) in [6, 6.07) is 4.35. The molecule has 0 aromatic heterocycles. The summed E-state index contributed by atoms with van der Waals surface area (Å²) in [5.41, 5.74) is 4.10. The van der Waals surface area contributed by atoms with Gasteiger partial charge in [-0.2, -0.15) is 0 Å². The summed E-state index contributed by atoms with van der Waals surface area (Å²) in [5, 5.41) is 6.24. The van der Waals surface area contributed by atoms with Crippen molar-refractivity contribution in [2.45, 2.75) is 46.1 Å². The van der Waals surface area contributed by atoms with E-state index in [1.165, 1.54) is 10.5 Å². The Labute approximate surface area is 150 Å². The molecule has 2 amide bonds. The number of carbonyl (C=O) groups excluding carboxylic acids is 2. The Morgan fingerprint density at radius 3 is 2.42 bits per heavy atom. The van der Waals surface area contributed by atoms with Gasteiger partial charge >= 0.3 is 0 Å². The zero-order chi connectivity index (χ0) is 17.0. The number of nitrogens with zero attached hydrogens (tertiary/aromatic N) is 1. The minimum atomic E-state index is -0.157. The van der Waals surface area contributed by atoms with Crippen LogP contribution in [0.15, 0.2) is 12.1 Å². The number of halogens is 1. The highest BCUT2D eigenvalue weighted by Crippen LogP contribution is 2.21. The first-order valence-corrected chi connectivity index (χ1v) is 8.22. The summed E-state index contributed by atoms with van der Waals surface area (Å²) in [4.78, 5) is 25.9. The van der Waals surface area contributed by atoms with E-state index in [1.54, 1.807) is 7.05 Å². The molecule has 2 N–H and O–H groups in total. The molecule has 1 fully saturated rings. The van der Waals surface area contributed by atoms with Crippen LogP contribution in [0.4, 0.5) is 5.69 Å². The second kappa shape index (κ2) is 9.04. The van der Waals surface area contributed by atoms with Gasteiger partial charge in [-0.3, -0.25) is 9.59 Å². The van der Waals surface area contributed by atoms with Crippen molar-refractivity contribution in [1.82, 2.24) is 10.2 Å². The lowest BCUT2D eigenvalue weighted by molar-refractivity contribution is -0.133. The van der Waals surface area contributed by atoms with Crippen LogP contribution in [0.1, 0.15) is 36.0 Å². The van der Waals surface area contributed by atoms with Crippen molar-refractivity contribution in [2.75, 3.05) is 25.5 Å². The first-order valence-electron chi connectivity index (χ1n) is 8.22. The van der Waals surface area contributed by atoms with Gasteiger partial charge in [0.05, 0.1) is 6.54 Å². The Balaban J connectivity index is 0.00000288. The van der Waals surface area contributed by atoms with E-state index >= 15 is 0 Å². The van der Waals surface area contributed by atoms with E-state index in [4.69, 9.17) is 0 Å². The molecule has 2 rings (SSSR count). The van der Waals surface area contributed by atoms with Crippen LogP contribution < -0.4 is 10.6 Å². The van der Waals surface area contributed by atoms with Crippen LogP contribution in [-0.2, 0) is 9.59 Å². The maximum absolute atomic E-state index is 12.2. The van der Waals surface area contributed by atoms with Gasteiger partial charge in [0, 0.05) is 25.2 Å². The van der Waals surface area contributed by atoms with Crippen molar-refractivity contribution in [3.05, 3.63) is 28.8 Å². The minimum Gasteiger partial charge on any atom is -0.336 e. The fourth-order valence-corrected chi connectivity index (χ4v) is 3.16. The lowest BCUT2D eigenvalue weighted by Gasteiger charge is -2.20. The van der Waals surface area contributed by atoms with Crippen LogP contribution in [0.2, 0.25) is 0 Å². The third kappa shape index (κ3) is 5.49. The van der Waals surface area contributed by atoms with Gasteiger partial charge < -0.3 is 15.5 Å². The third-order valence-corrected chi connectivity index (χ3v) is 4.33.